The summed E-state index contributed by atoms with van der Waals surface area (Å²) in [6.45, 7) is 4.33. The lowest BCUT2D eigenvalue weighted by Crippen LogP contribution is -2.26. The van der Waals surface area contributed by atoms with E-state index in [-0.39, 0.29) is 5.41 Å². The lowest BCUT2D eigenvalue weighted by atomic mass is 9.78. The molecule has 2 aliphatic carbocycles. The van der Waals surface area contributed by atoms with Crippen LogP contribution in [0.2, 0.25) is 0 Å². The molecule has 3 rings (SSSR count). The Morgan fingerprint density at radius 2 is 2.06 bits per heavy atom. The van der Waals surface area contributed by atoms with E-state index in [0.29, 0.717) is 18.1 Å². The van der Waals surface area contributed by atoms with Gasteiger partial charge in [0.2, 0.25) is 0 Å². The molecule has 0 aliphatic heterocycles. The normalized spacial score (nSPS) is 24.0. The lowest BCUT2D eigenvalue weighted by Gasteiger charge is -2.27. The highest BCUT2D eigenvalue weighted by Gasteiger charge is 2.35. The molecule has 1 aromatic rings. The summed E-state index contributed by atoms with van der Waals surface area (Å²) in [4.78, 5) is 17.7. The van der Waals surface area contributed by atoms with Gasteiger partial charge in [0.05, 0.1) is 15.6 Å². The van der Waals surface area contributed by atoms with E-state index < -0.39 is 0 Å². The zero-order chi connectivity index (χ0) is 11.3. The summed E-state index contributed by atoms with van der Waals surface area (Å²) in [5, 5.41) is 1.22. The van der Waals surface area contributed by atoms with Gasteiger partial charge in [0, 0.05) is 12.3 Å². The highest BCUT2D eigenvalue weighted by atomic mass is 32.1. The molecular weight excluding hydrogens is 218 g/mol. The highest BCUT2D eigenvalue weighted by molar-refractivity contribution is 7.14. The van der Waals surface area contributed by atoms with Crippen LogP contribution >= 0.6 is 11.3 Å². The Labute approximate surface area is 100 Å². The fourth-order valence-electron chi connectivity index (χ4n) is 2.57. The minimum atomic E-state index is 0.106. The van der Waals surface area contributed by atoms with E-state index in [2.05, 4.69) is 13.8 Å². The quantitative estimate of drug-likeness (QED) is 0.745. The molecule has 3 heteroatoms. The molecule has 0 saturated heterocycles. The maximum Gasteiger partial charge on any atom is 0.175 e. The molecule has 1 saturated carbocycles. The van der Waals surface area contributed by atoms with Crippen LogP contribution in [0.25, 0.3) is 0 Å². The molecule has 0 unspecified atom stereocenters. The Morgan fingerprint density at radius 3 is 2.69 bits per heavy atom. The Kier molecular flexibility index (Phi) is 2.22. The Morgan fingerprint density at radius 1 is 1.31 bits per heavy atom. The number of carbonyl (C=O) groups is 1. The minimum Gasteiger partial charge on any atom is -0.293 e. The number of Topliss-reactive ketones (excluding diaryl/α,β-unsaturated/α-hetero) is 1. The minimum absolute atomic E-state index is 0.106. The van der Waals surface area contributed by atoms with Gasteiger partial charge in [-0.1, -0.05) is 20.3 Å². The third kappa shape index (κ3) is 1.61. The van der Waals surface area contributed by atoms with Gasteiger partial charge >= 0.3 is 0 Å². The maximum atomic E-state index is 12.0. The molecular formula is C13H17NOS. The van der Waals surface area contributed by atoms with Crippen molar-refractivity contribution in [1.82, 2.24) is 4.98 Å². The first kappa shape index (κ1) is 10.5. The molecule has 0 radical (unpaired) electrons. The largest absolute Gasteiger partial charge is 0.293 e. The van der Waals surface area contributed by atoms with Crippen LogP contribution in [0.3, 0.4) is 0 Å². The van der Waals surface area contributed by atoms with Crippen molar-refractivity contribution >= 4 is 17.1 Å². The predicted octanol–water partition coefficient (Wildman–Crippen LogP) is 3.57. The average molecular weight is 235 g/mol. The molecule has 0 atom stereocenters. The maximum absolute atomic E-state index is 12.0. The van der Waals surface area contributed by atoms with Gasteiger partial charge in [-0.25, -0.2) is 4.98 Å². The number of hydrogen-bond donors (Lipinski definition) is 0. The van der Waals surface area contributed by atoms with Crippen LogP contribution in [0.1, 0.15) is 65.8 Å². The van der Waals surface area contributed by atoms with Gasteiger partial charge in [0.1, 0.15) is 0 Å². The number of ketones is 1. The lowest BCUT2D eigenvalue weighted by molar-refractivity contribution is 0.0916. The van der Waals surface area contributed by atoms with Crippen molar-refractivity contribution < 1.29 is 4.79 Å². The van der Waals surface area contributed by atoms with Crippen LogP contribution in [0.15, 0.2) is 0 Å². The SMILES string of the molecule is CC1(C)CC(=O)c2sc(C3CCC3)nc2C1. The molecule has 0 spiro atoms. The van der Waals surface area contributed by atoms with E-state index in [1.807, 2.05) is 0 Å². The molecule has 0 aromatic carbocycles. The summed E-state index contributed by atoms with van der Waals surface area (Å²) in [6, 6.07) is 0. The van der Waals surface area contributed by atoms with Gasteiger partial charge in [0.15, 0.2) is 5.78 Å². The van der Waals surface area contributed by atoms with Crippen LogP contribution in [-0.4, -0.2) is 10.8 Å². The predicted molar refractivity (Wildman–Crippen MR) is 65.1 cm³/mol. The van der Waals surface area contributed by atoms with Crippen LogP contribution in [0, 0.1) is 5.41 Å². The molecule has 1 fully saturated rings. The van der Waals surface area contributed by atoms with E-state index in [1.165, 1.54) is 24.3 Å². The van der Waals surface area contributed by atoms with Crippen molar-refractivity contribution in [2.45, 2.75) is 51.9 Å². The van der Waals surface area contributed by atoms with E-state index in [4.69, 9.17) is 4.98 Å². The van der Waals surface area contributed by atoms with E-state index in [9.17, 15) is 4.79 Å². The van der Waals surface area contributed by atoms with E-state index >= 15 is 0 Å². The summed E-state index contributed by atoms with van der Waals surface area (Å²) in [7, 11) is 0. The van der Waals surface area contributed by atoms with Gasteiger partial charge in [0.25, 0.3) is 0 Å². The second-order valence-corrected chi connectivity index (χ2v) is 6.93. The zero-order valence-corrected chi connectivity index (χ0v) is 10.7. The first-order valence-corrected chi connectivity index (χ1v) is 6.90. The van der Waals surface area contributed by atoms with Crippen molar-refractivity contribution in [2.75, 3.05) is 0 Å². The number of thiazole rings is 1. The summed E-state index contributed by atoms with van der Waals surface area (Å²) >= 11 is 1.67. The second kappa shape index (κ2) is 3.39. The van der Waals surface area contributed by atoms with Gasteiger partial charge in [-0.15, -0.1) is 11.3 Å². The summed E-state index contributed by atoms with van der Waals surface area (Å²) in [5.41, 5.74) is 1.18. The monoisotopic (exact) mass is 235 g/mol. The van der Waals surface area contributed by atoms with Gasteiger partial charge in [-0.05, 0) is 24.7 Å². The molecule has 16 heavy (non-hydrogen) atoms. The van der Waals surface area contributed by atoms with Crippen LogP contribution in [-0.2, 0) is 6.42 Å². The van der Waals surface area contributed by atoms with E-state index in [1.54, 1.807) is 11.3 Å². The topological polar surface area (TPSA) is 30.0 Å². The van der Waals surface area contributed by atoms with Crippen molar-refractivity contribution in [2.24, 2.45) is 5.41 Å². The molecule has 1 aromatic heterocycles. The first-order valence-electron chi connectivity index (χ1n) is 6.08. The van der Waals surface area contributed by atoms with Gasteiger partial charge in [-0.3, -0.25) is 4.79 Å². The number of hydrogen-bond acceptors (Lipinski definition) is 3. The van der Waals surface area contributed by atoms with Crippen LogP contribution in [0.5, 0.6) is 0 Å². The van der Waals surface area contributed by atoms with Crippen molar-refractivity contribution in [3.63, 3.8) is 0 Å². The zero-order valence-electron chi connectivity index (χ0n) is 9.88. The molecule has 1 heterocycles. The van der Waals surface area contributed by atoms with Crippen molar-refractivity contribution in [3.05, 3.63) is 15.6 Å². The number of carbonyl (C=O) groups excluding carboxylic acids is 1. The molecule has 0 amide bonds. The smallest absolute Gasteiger partial charge is 0.175 e. The van der Waals surface area contributed by atoms with Crippen LogP contribution < -0.4 is 0 Å². The summed E-state index contributed by atoms with van der Waals surface area (Å²) in [6.07, 6.45) is 5.52. The van der Waals surface area contributed by atoms with E-state index in [0.717, 1.165) is 17.0 Å². The Balaban J connectivity index is 1.96. The molecule has 86 valence electrons. The van der Waals surface area contributed by atoms with Crippen LogP contribution in [0.4, 0.5) is 0 Å². The van der Waals surface area contributed by atoms with Gasteiger partial charge in [-0.2, -0.15) is 0 Å². The number of rotatable bonds is 1. The molecule has 0 bridgehead atoms. The number of nitrogens with zero attached hydrogens (tertiary/aromatic N) is 1. The number of fused-ring (bicyclic) bond motifs is 1. The van der Waals surface area contributed by atoms with Crippen molar-refractivity contribution in [1.29, 1.82) is 0 Å². The third-order valence-corrected chi connectivity index (χ3v) is 5.01. The first-order chi connectivity index (χ1) is 7.55. The highest BCUT2D eigenvalue weighted by Crippen LogP contribution is 2.43. The fourth-order valence-corrected chi connectivity index (χ4v) is 3.76. The Bertz CT molecular complexity index is 443. The second-order valence-electron chi connectivity index (χ2n) is 5.90. The molecule has 0 N–H and O–H groups in total. The van der Waals surface area contributed by atoms with Gasteiger partial charge < -0.3 is 0 Å². The molecule has 2 aliphatic rings. The molecule has 2 nitrogen and oxygen atoms in total. The summed E-state index contributed by atoms with van der Waals surface area (Å²) in [5.74, 6) is 0.973. The van der Waals surface area contributed by atoms with Crippen molar-refractivity contribution in [3.8, 4) is 0 Å². The standard InChI is InChI=1S/C13H17NOS/c1-13(2)6-9-11(10(15)7-13)16-12(14-9)8-4-3-5-8/h8H,3-7H2,1-2H3. The average Bonchev–Trinajstić information content (AvgIpc) is 2.42. The number of aromatic nitrogens is 1. The fraction of sp³-hybridized carbons (Fsp3) is 0.692. The Hall–Kier alpha value is -0.700. The third-order valence-electron chi connectivity index (χ3n) is 3.71. The summed E-state index contributed by atoms with van der Waals surface area (Å²) < 4.78 is 0.